The molecule has 1 aliphatic carbocycles. The molecule has 242 valence electrons. The van der Waals surface area contributed by atoms with E-state index in [-0.39, 0.29) is 23.9 Å². The molecule has 0 radical (unpaired) electrons. The van der Waals surface area contributed by atoms with Gasteiger partial charge in [-0.15, -0.1) is 0 Å². The van der Waals surface area contributed by atoms with Crippen LogP contribution < -0.4 is 10.0 Å². The summed E-state index contributed by atoms with van der Waals surface area (Å²) in [6.07, 6.45) is -6.87. The van der Waals surface area contributed by atoms with Gasteiger partial charge in [-0.3, -0.25) is 14.5 Å². The van der Waals surface area contributed by atoms with Crippen LogP contribution in [0.4, 0.5) is 30.7 Å². The summed E-state index contributed by atoms with van der Waals surface area (Å²) in [4.78, 5) is 27.8. The van der Waals surface area contributed by atoms with E-state index in [1.165, 1.54) is 19.1 Å². The molecule has 0 atom stereocenters. The summed E-state index contributed by atoms with van der Waals surface area (Å²) >= 11 is 0. The Bertz CT molecular complexity index is 1470. The van der Waals surface area contributed by atoms with Crippen molar-refractivity contribution in [3.8, 4) is 0 Å². The predicted molar refractivity (Wildman–Crippen MR) is 146 cm³/mol. The summed E-state index contributed by atoms with van der Waals surface area (Å²) in [6.45, 7) is 1.91. The molecule has 4 rings (SSSR count). The number of carbonyl (C=O) groups excluding carboxylic acids is 2. The number of sulfonamides is 1. The number of nitrogens with zero attached hydrogens (tertiary/aromatic N) is 1. The van der Waals surface area contributed by atoms with Crippen molar-refractivity contribution >= 4 is 21.8 Å². The van der Waals surface area contributed by atoms with E-state index in [2.05, 4.69) is 5.32 Å². The van der Waals surface area contributed by atoms with Gasteiger partial charge < -0.3 is 5.32 Å². The molecule has 1 aliphatic heterocycles. The maximum Gasteiger partial charge on any atom is 0.416 e. The molecule has 2 N–H and O–H groups in total. The Morgan fingerprint density at radius 1 is 0.932 bits per heavy atom. The Morgan fingerprint density at radius 3 is 2.05 bits per heavy atom. The molecule has 2 amide bonds. The zero-order chi connectivity index (χ0) is 32.5. The van der Waals surface area contributed by atoms with Gasteiger partial charge in [0.1, 0.15) is 5.82 Å². The summed E-state index contributed by atoms with van der Waals surface area (Å²) in [5.41, 5.74) is -3.98. The number of benzene rings is 2. The third-order valence-electron chi connectivity index (χ3n) is 8.08. The van der Waals surface area contributed by atoms with Crippen molar-refractivity contribution in [1.29, 1.82) is 0 Å². The molecule has 1 heterocycles. The normalized spacial score (nSPS) is 17.7. The lowest BCUT2D eigenvalue weighted by atomic mass is 9.73. The van der Waals surface area contributed by atoms with Gasteiger partial charge in [-0.25, -0.2) is 17.5 Å². The number of hydrogen-bond acceptors (Lipinski definition) is 5. The van der Waals surface area contributed by atoms with Crippen LogP contribution in [0, 0.1) is 17.2 Å². The van der Waals surface area contributed by atoms with E-state index in [4.69, 9.17) is 0 Å². The van der Waals surface area contributed by atoms with Crippen molar-refractivity contribution in [3.05, 3.63) is 70.0 Å². The number of likely N-dealkylation sites (tertiary alicyclic amines) is 1. The number of hydrogen-bond donors (Lipinski definition) is 2. The van der Waals surface area contributed by atoms with Crippen LogP contribution >= 0.6 is 0 Å². The highest BCUT2D eigenvalue weighted by atomic mass is 32.2. The molecular formula is C29H32F7N3O4S. The molecule has 15 heteroatoms. The second-order valence-corrected chi connectivity index (χ2v) is 13.5. The van der Waals surface area contributed by atoms with E-state index >= 15 is 0 Å². The first-order chi connectivity index (χ1) is 20.4. The molecule has 0 unspecified atom stereocenters. The van der Waals surface area contributed by atoms with E-state index < -0.39 is 68.7 Å². The van der Waals surface area contributed by atoms with Crippen LogP contribution in [0.3, 0.4) is 0 Å². The molecule has 1 saturated heterocycles. The highest BCUT2D eigenvalue weighted by Crippen LogP contribution is 2.46. The lowest BCUT2D eigenvalue weighted by Gasteiger charge is -2.41. The van der Waals surface area contributed by atoms with Gasteiger partial charge in [-0.1, -0.05) is 18.9 Å². The third kappa shape index (κ3) is 8.49. The summed E-state index contributed by atoms with van der Waals surface area (Å²) in [6, 6.07) is 5.03. The molecule has 1 saturated carbocycles. The van der Waals surface area contributed by atoms with E-state index in [1.807, 2.05) is 9.62 Å². The standard InChI is InChI=1S/C29H32F7N3O4S/c1-2-44(42,43)38-25(40)23-13-19(5-6-24(23)30)17-39-9-7-27(8-10-39,15-18-3-4-18)26(41)37-16-20-11-21(28(31,32)33)14-22(12-20)29(34,35)36/h5-6,11-14,18H,2-4,7-10,15-17H2,1H3,(H,37,41)(H,38,40). The minimum atomic E-state index is -5.00. The van der Waals surface area contributed by atoms with Gasteiger partial charge in [0.15, 0.2) is 0 Å². The molecule has 2 fully saturated rings. The summed E-state index contributed by atoms with van der Waals surface area (Å²) in [7, 11) is -3.90. The summed E-state index contributed by atoms with van der Waals surface area (Å²) in [5.74, 6) is -2.48. The first-order valence-corrected chi connectivity index (χ1v) is 15.7. The molecule has 0 bridgehead atoms. The molecule has 7 nitrogen and oxygen atoms in total. The maximum atomic E-state index is 14.3. The van der Waals surface area contributed by atoms with E-state index in [0.717, 1.165) is 18.9 Å². The Balaban J connectivity index is 1.44. The van der Waals surface area contributed by atoms with Crippen LogP contribution in [0.2, 0.25) is 0 Å². The van der Waals surface area contributed by atoms with Crippen molar-refractivity contribution in [2.45, 2.75) is 64.5 Å². The molecule has 2 aromatic carbocycles. The predicted octanol–water partition coefficient (Wildman–Crippen LogP) is 5.64. The highest BCUT2D eigenvalue weighted by Gasteiger charge is 2.45. The van der Waals surface area contributed by atoms with E-state index in [9.17, 15) is 48.7 Å². The van der Waals surface area contributed by atoms with Crippen LogP contribution in [-0.4, -0.2) is 44.0 Å². The van der Waals surface area contributed by atoms with Gasteiger partial charge in [-0.05, 0) is 86.7 Å². The first kappa shape index (κ1) is 33.7. The maximum absolute atomic E-state index is 14.3. The van der Waals surface area contributed by atoms with E-state index in [1.54, 1.807) is 0 Å². The number of halogens is 7. The van der Waals surface area contributed by atoms with Gasteiger partial charge in [0.25, 0.3) is 5.91 Å². The minimum Gasteiger partial charge on any atom is -0.352 e. The molecule has 2 aromatic rings. The van der Waals surface area contributed by atoms with Crippen molar-refractivity contribution in [2.24, 2.45) is 11.3 Å². The van der Waals surface area contributed by atoms with Crippen LogP contribution in [0.25, 0.3) is 0 Å². The number of amides is 2. The largest absolute Gasteiger partial charge is 0.416 e. The summed E-state index contributed by atoms with van der Waals surface area (Å²) in [5, 5.41) is 2.59. The van der Waals surface area contributed by atoms with Gasteiger partial charge in [0.2, 0.25) is 15.9 Å². The average molecular weight is 652 g/mol. The zero-order valence-electron chi connectivity index (χ0n) is 23.7. The van der Waals surface area contributed by atoms with Gasteiger partial charge >= 0.3 is 12.4 Å². The van der Waals surface area contributed by atoms with Crippen molar-refractivity contribution in [2.75, 3.05) is 18.8 Å². The average Bonchev–Trinajstić information content (AvgIpc) is 3.76. The molecule has 0 aromatic heterocycles. The van der Waals surface area contributed by atoms with Crippen LogP contribution in [0.1, 0.15) is 71.6 Å². The fraction of sp³-hybridized carbons (Fsp3) is 0.517. The van der Waals surface area contributed by atoms with Crippen LogP contribution in [0.5, 0.6) is 0 Å². The smallest absolute Gasteiger partial charge is 0.352 e. The Hall–Kier alpha value is -3.20. The number of nitrogens with one attached hydrogen (secondary N) is 2. The zero-order valence-corrected chi connectivity index (χ0v) is 24.6. The number of alkyl halides is 6. The van der Waals surface area contributed by atoms with Crippen LogP contribution in [0.15, 0.2) is 36.4 Å². The van der Waals surface area contributed by atoms with E-state index in [0.29, 0.717) is 56.0 Å². The fourth-order valence-corrected chi connectivity index (χ4v) is 5.94. The van der Waals surface area contributed by atoms with Crippen LogP contribution in [-0.2, 0) is 40.3 Å². The number of carbonyl (C=O) groups is 2. The highest BCUT2D eigenvalue weighted by molar-refractivity contribution is 7.90. The lowest BCUT2D eigenvalue weighted by molar-refractivity contribution is -0.143. The first-order valence-electron chi connectivity index (χ1n) is 14.0. The quantitative estimate of drug-likeness (QED) is 0.325. The van der Waals surface area contributed by atoms with Crippen molar-refractivity contribution < 1.29 is 48.7 Å². The van der Waals surface area contributed by atoms with Gasteiger partial charge in [0, 0.05) is 13.1 Å². The Kier molecular flexibility index (Phi) is 9.69. The van der Waals surface area contributed by atoms with Gasteiger partial charge in [-0.2, -0.15) is 26.3 Å². The number of rotatable bonds is 10. The molecule has 44 heavy (non-hydrogen) atoms. The van der Waals surface area contributed by atoms with Gasteiger partial charge in [0.05, 0.1) is 27.9 Å². The fourth-order valence-electron chi connectivity index (χ4n) is 5.40. The van der Waals surface area contributed by atoms with Crippen molar-refractivity contribution in [3.63, 3.8) is 0 Å². The molecular weight excluding hydrogens is 619 g/mol. The SMILES string of the molecule is CCS(=O)(=O)NC(=O)c1cc(CN2CCC(CC3CC3)(C(=O)NCc3cc(C(F)(F)F)cc(C(F)(F)F)c3)CC2)ccc1F. The number of piperidine rings is 1. The second-order valence-electron chi connectivity index (χ2n) is 11.4. The second kappa shape index (κ2) is 12.7. The molecule has 2 aliphatic rings. The minimum absolute atomic E-state index is 0.0409. The topological polar surface area (TPSA) is 95.6 Å². The van der Waals surface area contributed by atoms with Crippen molar-refractivity contribution in [1.82, 2.24) is 14.9 Å². The Labute approximate surface area is 250 Å². The monoisotopic (exact) mass is 651 g/mol. The summed E-state index contributed by atoms with van der Waals surface area (Å²) < 4.78 is 119. The lowest BCUT2D eigenvalue weighted by Crippen LogP contribution is -2.48. The molecule has 0 spiro atoms. The Morgan fingerprint density at radius 2 is 1.52 bits per heavy atom. The third-order valence-corrected chi connectivity index (χ3v) is 9.34.